The van der Waals surface area contributed by atoms with E-state index in [1.807, 2.05) is 0 Å². The Morgan fingerprint density at radius 2 is 1.76 bits per heavy atom. The fourth-order valence-electron chi connectivity index (χ4n) is 2.48. The summed E-state index contributed by atoms with van der Waals surface area (Å²) in [4.78, 5) is 7.45. The number of hydrogen-bond donors (Lipinski definition) is 1. The van der Waals surface area contributed by atoms with Crippen LogP contribution in [-0.2, 0) is 4.74 Å². The Morgan fingerprint density at radius 1 is 1.06 bits per heavy atom. The molecule has 0 aromatic heterocycles. The zero-order valence-electron chi connectivity index (χ0n) is 11.0. The molecule has 5 nitrogen and oxygen atoms in total. The summed E-state index contributed by atoms with van der Waals surface area (Å²) in [5.41, 5.74) is 5.65. The van der Waals surface area contributed by atoms with Crippen molar-refractivity contribution in [2.24, 2.45) is 5.73 Å². The van der Waals surface area contributed by atoms with Gasteiger partial charge < -0.3 is 15.4 Å². The normalized spacial score (nSPS) is 29.6. The number of piperazine rings is 1. The van der Waals surface area contributed by atoms with Gasteiger partial charge in [-0.15, -0.1) is 0 Å². The third-order valence-corrected chi connectivity index (χ3v) is 3.81. The van der Waals surface area contributed by atoms with Gasteiger partial charge in [0.2, 0.25) is 0 Å². The van der Waals surface area contributed by atoms with Crippen molar-refractivity contribution in [2.75, 3.05) is 72.6 Å². The zero-order valence-corrected chi connectivity index (χ0v) is 11.0. The highest BCUT2D eigenvalue weighted by Gasteiger charge is 2.20. The first-order chi connectivity index (χ1) is 8.28. The molecule has 0 spiro atoms. The van der Waals surface area contributed by atoms with E-state index >= 15 is 0 Å². The van der Waals surface area contributed by atoms with Crippen LogP contribution < -0.4 is 5.73 Å². The molecule has 2 saturated heterocycles. The molecule has 2 heterocycles. The van der Waals surface area contributed by atoms with Crippen molar-refractivity contribution in [1.82, 2.24) is 14.7 Å². The van der Waals surface area contributed by atoms with Gasteiger partial charge in [0.05, 0.1) is 12.7 Å². The predicted octanol–water partition coefficient (Wildman–Crippen LogP) is -1.11. The first-order valence-electron chi connectivity index (χ1n) is 6.73. The molecule has 2 fully saturated rings. The first-order valence-corrected chi connectivity index (χ1v) is 6.73. The van der Waals surface area contributed by atoms with Gasteiger partial charge in [0.25, 0.3) is 0 Å². The van der Waals surface area contributed by atoms with Gasteiger partial charge in [-0.2, -0.15) is 0 Å². The zero-order chi connectivity index (χ0) is 12.1. The molecule has 0 aliphatic carbocycles. The molecule has 5 heteroatoms. The maximum atomic E-state index is 5.65. The van der Waals surface area contributed by atoms with Crippen LogP contribution in [0.4, 0.5) is 0 Å². The topological polar surface area (TPSA) is 45.0 Å². The Morgan fingerprint density at radius 3 is 2.47 bits per heavy atom. The average Bonchev–Trinajstić information content (AvgIpc) is 2.38. The van der Waals surface area contributed by atoms with Crippen LogP contribution in [-0.4, -0.2) is 93.4 Å². The minimum atomic E-state index is 0.247. The molecule has 1 unspecified atom stereocenters. The van der Waals surface area contributed by atoms with Crippen LogP contribution in [0.15, 0.2) is 0 Å². The summed E-state index contributed by atoms with van der Waals surface area (Å²) < 4.78 is 5.58. The van der Waals surface area contributed by atoms with E-state index in [-0.39, 0.29) is 6.10 Å². The maximum absolute atomic E-state index is 5.65. The molecule has 0 bridgehead atoms. The molecule has 0 saturated carbocycles. The van der Waals surface area contributed by atoms with Gasteiger partial charge in [-0.1, -0.05) is 0 Å². The Kier molecular flexibility index (Phi) is 5.18. The number of ether oxygens (including phenoxy) is 1. The smallest absolute Gasteiger partial charge is 0.0824 e. The second kappa shape index (κ2) is 6.66. The molecule has 100 valence electrons. The highest BCUT2D eigenvalue weighted by Crippen LogP contribution is 2.05. The van der Waals surface area contributed by atoms with Crippen LogP contribution in [0.3, 0.4) is 0 Å². The molecule has 2 aliphatic rings. The van der Waals surface area contributed by atoms with Crippen LogP contribution >= 0.6 is 0 Å². The number of rotatable bonds is 4. The molecule has 0 amide bonds. The quantitative estimate of drug-likeness (QED) is 0.677. The van der Waals surface area contributed by atoms with Gasteiger partial charge in [0.15, 0.2) is 0 Å². The van der Waals surface area contributed by atoms with E-state index in [0.29, 0.717) is 6.54 Å². The van der Waals surface area contributed by atoms with E-state index in [2.05, 4.69) is 21.7 Å². The summed E-state index contributed by atoms with van der Waals surface area (Å²) in [6.45, 7) is 10.7. The second-order valence-electron chi connectivity index (χ2n) is 5.17. The minimum Gasteiger partial charge on any atom is -0.374 e. The molecule has 1 atom stereocenters. The number of morpholine rings is 1. The summed E-state index contributed by atoms with van der Waals surface area (Å²) in [7, 11) is 2.20. The second-order valence-corrected chi connectivity index (χ2v) is 5.17. The van der Waals surface area contributed by atoms with E-state index in [0.717, 1.165) is 26.2 Å². The van der Waals surface area contributed by atoms with Gasteiger partial charge in [0.1, 0.15) is 0 Å². The fraction of sp³-hybridized carbons (Fsp3) is 1.00. The standard InChI is InChI=1S/C12H26N4O/c1-14-2-4-15(5-3-14)6-7-16-8-9-17-12(10-13)11-16/h12H,2-11,13H2,1H3. The average molecular weight is 242 g/mol. The van der Waals surface area contributed by atoms with Gasteiger partial charge in [0, 0.05) is 58.9 Å². The largest absolute Gasteiger partial charge is 0.374 e. The highest BCUT2D eigenvalue weighted by molar-refractivity contribution is 4.75. The van der Waals surface area contributed by atoms with E-state index in [9.17, 15) is 0 Å². The molecular formula is C12H26N4O. The predicted molar refractivity (Wildman–Crippen MR) is 69.2 cm³/mol. The molecule has 17 heavy (non-hydrogen) atoms. The summed E-state index contributed by atoms with van der Waals surface area (Å²) in [5.74, 6) is 0. The van der Waals surface area contributed by atoms with E-state index < -0.39 is 0 Å². The van der Waals surface area contributed by atoms with Gasteiger partial charge >= 0.3 is 0 Å². The van der Waals surface area contributed by atoms with Crippen LogP contribution in [0.5, 0.6) is 0 Å². The van der Waals surface area contributed by atoms with Crippen molar-refractivity contribution in [2.45, 2.75) is 6.10 Å². The SMILES string of the molecule is CN1CCN(CCN2CCOC(CN)C2)CC1. The maximum Gasteiger partial charge on any atom is 0.0824 e. The Labute approximate surface area is 104 Å². The Balaban J connectivity index is 1.64. The summed E-state index contributed by atoms with van der Waals surface area (Å²) in [6.07, 6.45) is 0.247. The lowest BCUT2D eigenvalue weighted by atomic mass is 10.2. The number of hydrogen-bond acceptors (Lipinski definition) is 5. The molecule has 0 aromatic rings. The van der Waals surface area contributed by atoms with E-state index in [4.69, 9.17) is 10.5 Å². The third kappa shape index (κ3) is 4.19. The fourth-order valence-corrected chi connectivity index (χ4v) is 2.48. The van der Waals surface area contributed by atoms with Crippen LogP contribution in [0.25, 0.3) is 0 Å². The van der Waals surface area contributed by atoms with Crippen molar-refractivity contribution in [3.8, 4) is 0 Å². The molecule has 2 rings (SSSR count). The van der Waals surface area contributed by atoms with Crippen molar-refractivity contribution in [3.05, 3.63) is 0 Å². The Hall–Kier alpha value is -0.200. The van der Waals surface area contributed by atoms with Crippen molar-refractivity contribution in [3.63, 3.8) is 0 Å². The van der Waals surface area contributed by atoms with Crippen molar-refractivity contribution < 1.29 is 4.74 Å². The third-order valence-electron chi connectivity index (χ3n) is 3.81. The van der Waals surface area contributed by atoms with Crippen molar-refractivity contribution in [1.29, 1.82) is 0 Å². The summed E-state index contributed by atoms with van der Waals surface area (Å²) >= 11 is 0. The minimum absolute atomic E-state index is 0.247. The number of nitrogens with zero attached hydrogens (tertiary/aromatic N) is 3. The summed E-state index contributed by atoms with van der Waals surface area (Å²) in [5, 5.41) is 0. The molecule has 2 aliphatic heterocycles. The lowest BCUT2D eigenvalue weighted by Gasteiger charge is -2.36. The van der Waals surface area contributed by atoms with Crippen molar-refractivity contribution >= 4 is 0 Å². The van der Waals surface area contributed by atoms with E-state index in [1.54, 1.807) is 0 Å². The van der Waals surface area contributed by atoms with Crippen LogP contribution in [0.2, 0.25) is 0 Å². The highest BCUT2D eigenvalue weighted by atomic mass is 16.5. The number of likely N-dealkylation sites (N-methyl/N-ethyl adjacent to an activating group) is 1. The summed E-state index contributed by atoms with van der Waals surface area (Å²) in [6, 6.07) is 0. The van der Waals surface area contributed by atoms with Gasteiger partial charge in [-0.3, -0.25) is 9.80 Å². The monoisotopic (exact) mass is 242 g/mol. The van der Waals surface area contributed by atoms with E-state index in [1.165, 1.54) is 32.7 Å². The molecular weight excluding hydrogens is 216 g/mol. The van der Waals surface area contributed by atoms with Crippen LogP contribution in [0.1, 0.15) is 0 Å². The lowest BCUT2D eigenvalue weighted by molar-refractivity contribution is -0.0262. The van der Waals surface area contributed by atoms with Crippen LogP contribution in [0, 0.1) is 0 Å². The molecule has 0 aromatic carbocycles. The van der Waals surface area contributed by atoms with Gasteiger partial charge in [-0.25, -0.2) is 0 Å². The number of nitrogens with two attached hydrogens (primary N) is 1. The molecule has 0 radical (unpaired) electrons. The van der Waals surface area contributed by atoms with Gasteiger partial charge in [-0.05, 0) is 7.05 Å². The Bertz CT molecular complexity index is 219. The first kappa shape index (κ1) is 13.2. The lowest BCUT2D eigenvalue weighted by Crippen LogP contribution is -2.50. The molecule has 2 N–H and O–H groups in total.